The number of aryl methyl sites for hydroxylation is 1. The molecule has 2 aromatic rings. The number of methoxy groups -OCH3 is 1. The summed E-state index contributed by atoms with van der Waals surface area (Å²) in [6.07, 6.45) is 2.85. The molecule has 5 heteroatoms. The highest BCUT2D eigenvalue weighted by atomic mass is 16.5. The van der Waals surface area contributed by atoms with Gasteiger partial charge in [0.15, 0.2) is 0 Å². The Morgan fingerprint density at radius 1 is 1.29 bits per heavy atom. The van der Waals surface area contributed by atoms with Crippen LogP contribution in [-0.4, -0.2) is 43.1 Å². The number of piperazine rings is 1. The SMILES string of the molecule is COc1cccc(Cc2c(N3CCNCC3)cnn2C)c1. The van der Waals surface area contributed by atoms with Crippen LogP contribution in [0, 0.1) is 0 Å². The van der Waals surface area contributed by atoms with Crippen LogP contribution in [0.4, 0.5) is 5.69 Å². The molecule has 1 aliphatic heterocycles. The van der Waals surface area contributed by atoms with Crippen LogP contribution >= 0.6 is 0 Å². The number of aromatic nitrogens is 2. The molecule has 1 aliphatic rings. The van der Waals surface area contributed by atoms with Crippen molar-refractivity contribution in [3.8, 4) is 5.75 Å². The minimum atomic E-state index is 0.868. The van der Waals surface area contributed by atoms with E-state index in [-0.39, 0.29) is 0 Å². The molecular weight excluding hydrogens is 264 g/mol. The maximum Gasteiger partial charge on any atom is 0.119 e. The molecule has 1 N–H and O–H groups in total. The first-order valence-electron chi connectivity index (χ1n) is 7.37. The van der Waals surface area contributed by atoms with E-state index in [9.17, 15) is 0 Å². The lowest BCUT2D eigenvalue weighted by Crippen LogP contribution is -2.43. The van der Waals surface area contributed by atoms with Crippen molar-refractivity contribution in [1.29, 1.82) is 0 Å². The predicted molar refractivity (Wildman–Crippen MR) is 84.1 cm³/mol. The van der Waals surface area contributed by atoms with Gasteiger partial charge in [0.25, 0.3) is 0 Å². The van der Waals surface area contributed by atoms with E-state index in [0.29, 0.717) is 0 Å². The van der Waals surface area contributed by atoms with E-state index in [1.165, 1.54) is 16.9 Å². The monoisotopic (exact) mass is 286 g/mol. The first kappa shape index (κ1) is 13.9. The van der Waals surface area contributed by atoms with Crippen LogP contribution in [0.25, 0.3) is 0 Å². The fourth-order valence-corrected chi connectivity index (χ4v) is 2.80. The molecule has 0 atom stereocenters. The van der Waals surface area contributed by atoms with Crippen molar-refractivity contribution >= 4 is 5.69 Å². The number of hydrogen-bond donors (Lipinski definition) is 1. The second-order valence-corrected chi connectivity index (χ2v) is 5.37. The standard InChI is InChI=1S/C16H22N4O/c1-19-15(11-13-4-3-5-14(10-13)21-2)16(12-18-19)20-8-6-17-7-9-20/h3-5,10,12,17H,6-9,11H2,1-2H3. The van der Waals surface area contributed by atoms with Crippen LogP contribution in [-0.2, 0) is 13.5 Å². The van der Waals surface area contributed by atoms with Gasteiger partial charge in [-0.2, -0.15) is 5.10 Å². The Morgan fingerprint density at radius 2 is 2.10 bits per heavy atom. The zero-order chi connectivity index (χ0) is 14.7. The summed E-state index contributed by atoms with van der Waals surface area (Å²) >= 11 is 0. The highest BCUT2D eigenvalue weighted by Crippen LogP contribution is 2.24. The Morgan fingerprint density at radius 3 is 2.86 bits per heavy atom. The fraction of sp³-hybridized carbons (Fsp3) is 0.438. The molecule has 0 amide bonds. The molecule has 3 rings (SSSR count). The average molecular weight is 286 g/mol. The molecule has 112 valence electrons. The summed E-state index contributed by atoms with van der Waals surface area (Å²) < 4.78 is 7.29. The topological polar surface area (TPSA) is 42.3 Å². The number of hydrogen-bond acceptors (Lipinski definition) is 4. The Hall–Kier alpha value is -2.01. The third-order valence-corrected chi connectivity index (χ3v) is 4.00. The molecule has 0 aliphatic carbocycles. The van der Waals surface area contributed by atoms with Crippen molar-refractivity contribution in [3.63, 3.8) is 0 Å². The van der Waals surface area contributed by atoms with Gasteiger partial charge in [-0.1, -0.05) is 12.1 Å². The zero-order valence-corrected chi connectivity index (χ0v) is 12.7. The van der Waals surface area contributed by atoms with E-state index in [4.69, 9.17) is 4.74 Å². The molecule has 2 heterocycles. The van der Waals surface area contributed by atoms with E-state index < -0.39 is 0 Å². The van der Waals surface area contributed by atoms with Crippen LogP contribution in [0.3, 0.4) is 0 Å². The quantitative estimate of drug-likeness (QED) is 0.923. The lowest BCUT2D eigenvalue weighted by atomic mass is 10.1. The highest BCUT2D eigenvalue weighted by molar-refractivity contribution is 5.52. The summed E-state index contributed by atoms with van der Waals surface area (Å²) in [5.41, 5.74) is 3.75. The molecule has 1 fully saturated rings. The van der Waals surface area contributed by atoms with Crippen molar-refractivity contribution in [2.45, 2.75) is 6.42 Å². The molecule has 5 nitrogen and oxygen atoms in total. The second-order valence-electron chi connectivity index (χ2n) is 5.37. The minimum Gasteiger partial charge on any atom is -0.497 e. The van der Waals surface area contributed by atoms with Crippen LogP contribution in [0.1, 0.15) is 11.3 Å². The van der Waals surface area contributed by atoms with E-state index >= 15 is 0 Å². The number of benzene rings is 1. The third-order valence-electron chi connectivity index (χ3n) is 4.00. The van der Waals surface area contributed by atoms with Crippen molar-refractivity contribution < 1.29 is 4.74 Å². The van der Waals surface area contributed by atoms with Crippen LogP contribution in [0.2, 0.25) is 0 Å². The van der Waals surface area contributed by atoms with Crippen LogP contribution < -0.4 is 15.0 Å². The molecule has 0 saturated carbocycles. The predicted octanol–water partition coefficient (Wildman–Crippen LogP) is 1.43. The van der Waals surface area contributed by atoms with E-state index in [1.54, 1.807) is 7.11 Å². The van der Waals surface area contributed by atoms with Gasteiger partial charge in [-0.05, 0) is 17.7 Å². The largest absolute Gasteiger partial charge is 0.497 e. The average Bonchev–Trinajstić information content (AvgIpc) is 2.89. The molecule has 1 aromatic carbocycles. The molecule has 1 saturated heterocycles. The fourth-order valence-electron chi connectivity index (χ4n) is 2.80. The van der Waals surface area contributed by atoms with Gasteiger partial charge < -0.3 is 15.0 Å². The molecule has 0 bridgehead atoms. The first-order valence-corrected chi connectivity index (χ1v) is 7.37. The van der Waals surface area contributed by atoms with Gasteiger partial charge in [0.2, 0.25) is 0 Å². The van der Waals surface area contributed by atoms with Gasteiger partial charge in [-0.3, -0.25) is 4.68 Å². The molecule has 1 aromatic heterocycles. The number of rotatable bonds is 4. The van der Waals surface area contributed by atoms with Crippen LogP contribution in [0.15, 0.2) is 30.5 Å². The smallest absolute Gasteiger partial charge is 0.119 e. The summed E-state index contributed by atoms with van der Waals surface area (Å²) in [5, 5.41) is 7.84. The molecule has 0 unspecified atom stereocenters. The second kappa shape index (κ2) is 6.18. The maximum absolute atomic E-state index is 5.31. The van der Waals surface area contributed by atoms with E-state index in [2.05, 4.69) is 27.4 Å². The zero-order valence-electron chi connectivity index (χ0n) is 12.7. The maximum atomic E-state index is 5.31. The van der Waals surface area contributed by atoms with Gasteiger partial charge in [0.05, 0.1) is 24.7 Å². The van der Waals surface area contributed by atoms with Crippen LogP contribution in [0.5, 0.6) is 5.75 Å². The lowest BCUT2D eigenvalue weighted by Gasteiger charge is -2.29. The van der Waals surface area contributed by atoms with Crippen molar-refractivity contribution in [1.82, 2.24) is 15.1 Å². The van der Waals surface area contributed by atoms with Crippen molar-refractivity contribution in [2.75, 3.05) is 38.2 Å². The molecule has 21 heavy (non-hydrogen) atoms. The van der Waals surface area contributed by atoms with Crippen molar-refractivity contribution in [2.24, 2.45) is 7.05 Å². The normalized spacial score (nSPS) is 15.2. The van der Waals surface area contributed by atoms with E-state index in [1.807, 2.05) is 30.1 Å². The van der Waals surface area contributed by atoms with Gasteiger partial charge in [-0.25, -0.2) is 0 Å². The Labute approximate surface area is 125 Å². The van der Waals surface area contributed by atoms with Gasteiger partial charge in [0, 0.05) is 39.6 Å². The first-order chi connectivity index (χ1) is 10.3. The summed E-state index contributed by atoms with van der Waals surface area (Å²) in [6.45, 7) is 4.15. The molecular formula is C16H22N4O. The van der Waals surface area contributed by atoms with Gasteiger partial charge in [0.1, 0.15) is 5.75 Å². The lowest BCUT2D eigenvalue weighted by molar-refractivity contribution is 0.414. The minimum absolute atomic E-state index is 0.868. The number of anilines is 1. The summed E-state index contributed by atoms with van der Waals surface area (Å²) in [6, 6.07) is 8.24. The summed E-state index contributed by atoms with van der Waals surface area (Å²) in [5.74, 6) is 0.901. The summed E-state index contributed by atoms with van der Waals surface area (Å²) in [7, 11) is 3.72. The van der Waals surface area contributed by atoms with Crippen molar-refractivity contribution in [3.05, 3.63) is 41.7 Å². The number of nitrogens with zero attached hydrogens (tertiary/aromatic N) is 3. The Balaban J connectivity index is 1.85. The third kappa shape index (κ3) is 3.03. The molecule has 0 radical (unpaired) electrons. The van der Waals surface area contributed by atoms with Gasteiger partial charge >= 0.3 is 0 Å². The van der Waals surface area contributed by atoms with Gasteiger partial charge in [-0.15, -0.1) is 0 Å². The Bertz CT molecular complexity index is 602. The highest BCUT2D eigenvalue weighted by Gasteiger charge is 2.17. The molecule has 0 spiro atoms. The summed E-state index contributed by atoms with van der Waals surface area (Å²) in [4.78, 5) is 2.42. The number of nitrogens with one attached hydrogen (secondary N) is 1. The Kier molecular flexibility index (Phi) is 4.10. The number of ether oxygens (including phenoxy) is 1. The van der Waals surface area contributed by atoms with E-state index in [0.717, 1.165) is 38.3 Å².